The van der Waals surface area contributed by atoms with E-state index in [-0.39, 0.29) is 12.6 Å². The van der Waals surface area contributed by atoms with E-state index in [1.54, 1.807) is 4.90 Å². The Balaban J connectivity index is 2.02. The Labute approximate surface area is 124 Å². The second-order valence-corrected chi connectivity index (χ2v) is 6.14. The van der Waals surface area contributed by atoms with Crippen LogP contribution in [-0.4, -0.2) is 29.0 Å². The first kappa shape index (κ1) is 15.2. The van der Waals surface area contributed by atoms with E-state index >= 15 is 0 Å². The third-order valence-corrected chi connectivity index (χ3v) is 3.05. The minimum atomic E-state index is -0.500. The van der Waals surface area contributed by atoms with Gasteiger partial charge in [-0.3, -0.25) is 9.69 Å². The number of hydrogen-bond donors (Lipinski definition) is 2. The quantitative estimate of drug-likeness (QED) is 0.890. The van der Waals surface area contributed by atoms with Gasteiger partial charge in [0.2, 0.25) is 5.91 Å². The number of rotatable bonds is 3. The number of nitrogens with zero attached hydrogens (tertiary/aromatic N) is 1. The van der Waals surface area contributed by atoms with Crippen molar-refractivity contribution in [2.45, 2.75) is 39.5 Å². The monoisotopic (exact) mass is 291 g/mol. The van der Waals surface area contributed by atoms with E-state index in [2.05, 4.69) is 5.32 Å². The lowest BCUT2D eigenvalue weighted by Gasteiger charge is -2.24. The molecule has 1 aliphatic heterocycles. The molecular formula is C15H21N3O3. The average Bonchev–Trinajstić information content (AvgIpc) is 2.77. The highest BCUT2D eigenvalue weighted by Gasteiger charge is 2.27. The summed E-state index contributed by atoms with van der Waals surface area (Å²) in [6, 6.07) is 5.76. The molecule has 0 radical (unpaired) electrons. The van der Waals surface area contributed by atoms with E-state index in [1.807, 2.05) is 39.0 Å². The lowest BCUT2D eigenvalue weighted by Crippen LogP contribution is -2.33. The molecule has 1 heterocycles. The summed E-state index contributed by atoms with van der Waals surface area (Å²) in [7, 11) is 0. The van der Waals surface area contributed by atoms with Crippen LogP contribution in [-0.2, 0) is 22.6 Å². The first-order valence-corrected chi connectivity index (χ1v) is 6.86. The first-order valence-electron chi connectivity index (χ1n) is 6.86. The van der Waals surface area contributed by atoms with Crippen molar-refractivity contribution in [1.29, 1.82) is 0 Å². The van der Waals surface area contributed by atoms with Crippen molar-refractivity contribution in [3.8, 4) is 0 Å². The zero-order valence-corrected chi connectivity index (χ0v) is 12.6. The lowest BCUT2D eigenvalue weighted by molar-refractivity contribution is -0.116. The van der Waals surface area contributed by atoms with E-state index in [1.165, 1.54) is 0 Å². The molecule has 1 aliphatic rings. The molecule has 0 atom stereocenters. The molecule has 0 unspecified atom stereocenters. The maximum atomic E-state index is 12.1. The Bertz CT molecular complexity index is 564. The number of hydrogen-bond acceptors (Lipinski definition) is 4. The fraction of sp³-hybridized carbons (Fsp3) is 0.467. The molecule has 3 N–H and O–H groups in total. The molecule has 0 spiro atoms. The minimum Gasteiger partial charge on any atom is -0.444 e. The zero-order valence-electron chi connectivity index (χ0n) is 12.6. The van der Waals surface area contributed by atoms with Crippen LogP contribution < -0.4 is 11.1 Å². The van der Waals surface area contributed by atoms with Gasteiger partial charge in [0, 0.05) is 18.8 Å². The van der Waals surface area contributed by atoms with Gasteiger partial charge in [0.15, 0.2) is 0 Å². The number of primary amides is 1. The molecule has 1 aromatic rings. The second-order valence-electron chi connectivity index (χ2n) is 6.14. The van der Waals surface area contributed by atoms with Crippen LogP contribution in [0.2, 0.25) is 0 Å². The summed E-state index contributed by atoms with van der Waals surface area (Å²) in [6.45, 7) is 6.69. The number of benzene rings is 1. The largest absolute Gasteiger partial charge is 0.444 e. The fourth-order valence-electron chi connectivity index (χ4n) is 2.15. The van der Waals surface area contributed by atoms with Gasteiger partial charge >= 0.3 is 6.09 Å². The Kier molecular flexibility index (Phi) is 4.06. The van der Waals surface area contributed by atoms with Gasteiger partial charge < -0.3 is 15.8 Å². The van der Waals surface area contributed by atoms with Crippen molar-refractivity contribution in [3.63, 3.8) is 0 Å². The van der Waals surface area contributed by atoms with Crippen LogP contribution in [0.25, 0.3) is 0 Å². The maximum absolute atomic E-state index is 12.1. The van der Waals surface area contributed by atoms with E-state index < -0.39 is 11.5 Å². The van der Waals surface area contributed by atoms with Gasteiger partial charge in [-0.2, -0.15) is 0 Å². The number of fused-ring (bicyclic) bond motifs is 1. The van der Waals surface area contributed by atoms with Crippen molar-refractivity contribution in [2.24, 2.45) is 5.73 Å². The first-order chi connectivity index (χ1) is 9.74. The van der Waals surface area contributed by atoms with E-state index in [9.17, 15) is 9.59 Å². The van der Waals surface area contributed by atoms with E-state index in [0.29, 0.717) is 13.1 Å². The molecule has 0 saturated carbocycles. The van der Waals surface area contributed by atoms with Gasteiger partial charge in [0.05, 0.1) is 6.54 Å². The molecule has 114 valence electrons. The number of anilines is 1. The Morgan fingerprint density at radius 2 is 1.95 bits per heavy atom. The lowest BCUT2D eigenvalue weighted by atomic mass is 10.1. The van der Waals surface area contributed by atoms with Gasteiger partial charge in [-0.15, -0.1) is 0 Å². The number of amides is 2. The summed E-state index contributed by atoms with van der Waals surface area (Å²) in [6.07, 6.45) is -0.314. The molecular weight excluding hydrogens is 270 g/mol. The number of carbonyl (C=O) groups is 2. The molecule has 0 saturated heterocycles. The number of nitrogens with two attached hydrogens (primary N) is 1. The van der Waals surface area contributed by atoms with Crippen molar-refractivity contribution in [1.82, 2.24) is 4.90 Å². The van der Waals surface area contributed by atoms with Crippen molar-refractivity contribution in [2.75, 3.05) is 11.9 Å². The van der Waals surface area contributed by atoms with E-state index in [4.69, 9.17) is 10.5 Å². The van der Waals surface area contributed by atoms with Gasteiger partial charge in [0.1, 0.15) is 5.60 Å². The zero-order chi connectivity index (χ0) is 15.6. The number of nitrogens with one attached hydrogen (secondary N) is 1. The summed E-state index contributed by atoms with van der Waals surface area (Å²) in [5.74, 6) is -0.411. The van der Waals surface area contributed by atoms with Crippen molar-refractivity contribution < 1.29 is 14.3 Å². The number of carbonyl (C=O) groups excluding carboxylic acids is 2. The molecule has 0 aromatic heterocycles. The van der Waals surface area contributed by atoms with Crippen LogP contribution >= 0.6 is 0 Å². The summed E-state index contributed by atoms with van der Waals surface area (Å²) in [4.78, 5) is 24.5. The van der Waals surface area contributed by atoms with Crippen LogP contribution in [0, 0.1) is 0 Å². The third kappa shape index (κ3) is 4.11. The molecule has 1 aromatic carbocycles. The molecule has 2 amide bonds. The highest BCUT2D eigenvalue weighted by Crippen LogP contribution is 2.27. The van der Waals surface area contributed by atoms with Gasteiger partial charge in [0.25, 0.3) is 0 Å². The third-order valence-electron chi connectivity index (χ3n) is 3.05. The Morgan fingerprint density at radius 3 is 2.57 bits per heavy atom. The van der Waals surface area contributed by atoms with Crippen LogP contribution in [0.3, 0.4) is 0 Å². The molecule has 0 fully saturated rings. The highest BCUT2D eigenvalue weighted by molar-refractivity contribution is 5.79. The van der Waals surface area contributed by atoms with Crippen LogP contribution in [0.15, 0.2) is 18.2 Å². The summed E-state index contributed by atoms with van der Waals surface area (Å²) >= 11 is 0. The maximum Gasteiger partial charge on any atom is 0.410 e. The highest BCUT2D eigenvalue weighted by atomic mass is 16.6. The van der Waals surface area contributed by atoms with Gasteiger partial charge in [-0.05, 0) is 44.0 Å². The summed E-state index contributed by atoms with van der Waals surface area (Å²) < 4.78 is 5.37. The topological polar surface area (TPSA) is 84.7 Å². The van der Waals surface area contributed by atoms with Crippen LogP contribution in [0.5, 0.6) is 0 Å². The van der Waals surface area contributed by atoms with E-state index in [0.717, 1.165) is 16.8 Å². The number of ether oxygens (including phenoxy) is 1. The normalized spacial score (nSPS) is 13.8. The van der Waals surface area contributed by atoms with Crippen LogP contribution in [0.4, 0.5) is 10.5 Å². The summed E-state index contributed by atoms with van der Waals surface area (Å²) in [5.41, 5.74) is 7.56. The predicted octanol–water partition coefficient (Wildman–Crippen LogP) is 1.83. The fourth-order valence-corrected chi connectivity index (χ4v) is 2.15. The van der Waals surface area contributed by atoms with Gasteiger partial charge in [-0.25, -0.2) is 4.79 Å². The second kappa shape index (κ2) is 5.63. The molecule has 6 nitrogen and oxygen atoms in total. The van der Waals surface area contributed by atoms with Gasteiger partial charge in [-0.1, -0.05) is 6.07 Å². The molecule has 2 rings (SSSR count). The molecule has 0 aliphatic carbocycles. The molecule has 21 heavy (non-hydrogen) atoms. The predicted molar refractivity (Wildman–Crippen MR) is 79.6 cm³/mol. The minimum absolute atomic E-state index is 0.0918. The average molecular weight is 291 g/mol. The van der Waals surface area contributed by atoms with Crippen molar-refractivity contribution in [3.05, 3.63) is 29.3 Å². The standard InChI is InChI=1S/C15H21N3O3/c1-15(2,3)21-14(20)18-8-10-4-5-12(6-11(10)9-18)17-7-13(16)19/h4-6,17H,7-9H2,1-3H3,(H2,16,19). The SMILES string of the molecule is CC(C)(C)OC(=O)N1Cc2ccc(NCC(N)=O)cc2C1. The summed E-state index contributed by atoms with van der Waals surface area (Å²) in [5, 5.41) is 2.95. The van der Waals surface area contributed by atoms with Crippen molar-refractivity contribution >= 4 is 17.7 Å². The molecule has 0 bridgehead atoms. The molecule has 6 heteroatoms. The van der Waals surface area contributed by atoms with Crippen LogP contribution in [0.1, 0.15) is 31.9 Å². The Morgan fingerprint density at radius 1 is 1.29 bits per heavy atom. The Hall–Kier alpha value is -2.24. The smallest absolute Gasteiger partial charge is 0.410 e.